The Morgan fingerprint density at radius 3 is 0.873 bits per heavy atom. The summed E-state index contributed by atoms with van der Waals surface area (Å²) in [4.78, 5) is 11.6. The Labute approximate surface area is 751 Å². The Morgan fingerprint density at radius 2 is 0.593 bits per heavy atom. The van der Waals surface area contributed by atoms with Gasteiger partial charge in [0.05, 0.1) is 22.2 Å². The van der Waals surface area contributed by atoms with Gasteiger partial charge in [-0.1, -0.05) is 190 Å². The van der Waals surface area contributed by atoms with E-state index in [4.69, 9.17) is 8.22 Å². The summed E-state index contributed by atoms with van der Waals surface area (Å²) in [6, 6.07) is 35.3. The molecule has 0 aliphatic carbocycles. The lowest BCUT2D eigenvalue weighted by molar-refractivity contribution is -0.0510. The molecule has 10 nitrogen and oxygen atoms in total. The van der Waals surface area contributed by atoms with Crippen molar-refractivity contribution in [3.8, 4) is 0 Å². The van der Waals surface area contributed by atoms with Crippen molar-refractivity contribution in [2.75, 3.05) is 48.5 Å². The second-order valence-corrected chi connectivity index (χ2v) is 47.6. The van der Waals surface area contributed by atoms with Crippen LogP contribution in [-0.2, 0) is 0 Å². The Morgan fingerprint density at radius 1 is 0.297 bits per heavy atom. The van der Waals surface area contributed by atoms with Gasteiger partial charge >= 0.3 is 0 Å². The molecule has 0 spiro atoms. The second kappa shape index (κ2) is 50.7. The molecule has 0 heterocycles. The van der Waals surface area contributed by atoms with E-state index < -0.39 is 30.6 Å². The summed E-state index contributed by atoms with van der Waals surface area (Å²) in [5.41, 5.74) is 7.80. The third kappa shape index (κ3) is 43.4. The fourth-order valence-electron chi connectivity index (χ4n) is 14.1. The van der Waals surface area contributed by atoms with Crippen molar-refractivity contribution in [2.24, 2.45) is 29.6 Å². The van der Waals surface area contributed by atoms with Gasteiger partial charge in [-0.2, -0.15) is 0 Å². The number of hydrogen-bond donors (Lipinski definition) is 5. The summed E-state index contributed by atoms with van der Waals surface area (Å²) in [5, 5.41) is 17.3. The first-order chi connectivity index (χ1) is 54.4. The van der Waals surface area contributed by atoms with Crippen molar-refractivity contribution < 1.29 is 8.22 Å². The molecule has 4 rings (SSSR count). The van der Waals surface area contributed by atoms with Crippen molar-refractivity contribution in [1.82, 2.24) is 30.7 Å². The maximum absolute atomic E-state index is 7.80. The molecule has 0 aliphatic heterocycles. The van der Waals surface area contributed by atoms with E-state index in [0.29, 0.717) is 12.1 Å². The van der Waals surface area contributed by atoms with Crippen LogP contribution in [0.5, 0.6) is 0 Å². The van der Waals surface area contributed by atoms with Crippen LogP contribution in [0.3, 0.4) is 0 Å². The SMILES string of the molecule is CC(C)(C)N(c1ccccc1)C(C)(C)C(C)(C)Nc1ccccc1.CC(C)C.CC(C)C.CC(C)C.CC(C)C.CC(C)C.CC(C)NC(C)(C)C(C)(C)N(C(C)C)C(C)(C)C.CNC(C)(C)C(C)(C)N(C)C(C)(C)C.Cc1cccc(C)c1NC(C)(C)C(C)(C)N(c1c(C)cccc1C)C(C)(C)C.[2H]C([2H])([2H])NC(C)(C)C(C)(C)N(C([2H])([2H])[2H])C(C)(C)C. The summed E-state index contributed by atoms with van der Waals surface area (Å²) >= 11 is 0. The zero-order valence-electron chi connectivity index (χ0n) is 96.5. The minimum absolute atomic E-state index is 0.000487. The number of likely N-dealkylation sites (N-methyl/N-ethyl adjacent to an activating group) is 4. The number of para-hydroxylation sites is 4. The minimum atomic E-state index is -2.33. The average molecular weight is 1660 g/mol. The number of hydrogen-bond acceptors (Lipinski definition) is 10. The van der Waals surface area contributed by atoms with Gasteiger partial charge in [-0.15, -0.1) is 0 Å². The number of rotatable bonds is 21. The van der Waals surface area contributed by atoms with Crippen LogP contribution < -0.4 is 36.4 Å². The Bertz CT molecular complexity index is 3380. The van der Waals surface area contributed by atoms with E-state index >= 15 is 0 Å². The first-order valence-corrected chi connectivity index (χ1v) is 45.4. The van der Waals surface area contributed by atoms with E-state index in [-0.39, 0.29) is 66.5 Å². The fourth-order valence-corrected chi connectivity index (χ4v) is 14.1. The number of nitrogens with one attached hydrogen (secondary N) is 5. The van der Waals surface area contributed by atoms with Gasteiger partial charge in [0.2, 0.25) is 0 Å². The van der Waals surface area contributed by atoms with Gasteiger partial charge < -0.3 is 36.4 Å². The van der Waals surface area contributed by atoms with Crippen LogP contribution in [0.25, 0.3) is 0 Å². The zero-order chi connectivity index (χ0) is 101. The van der Waals surface area contributed by atoms with Crippen molar-refractivity contribution >= 4 is 22.7 Å². The lowest BCUT2D eigenvalue weighted by Crippen LogP contribution is -2.70. The molecular formula is C108H214N10. The third-order valence-electron chi connectivity index (χ3n) is 22.4. The Kier molecular flexibility index (Phi) is 48.1. The molecule has 5 N–H and O–H groups in total. The predicted molar refractivity (Wildman–Crippen MR) is 548 cm³/mol. The number of nitrogens with zero attached hydrogens (tertiary/aromatic N) is 5. The van der Waals surface area contributed by atoms with Crippen LogP contribution in [0, 0.1) is 57.3 Å². The fraction of sp³-hybridized carbons (Fsp3) is 0.778. The normalized spacial score (nSPS) is 14.0. The standard InChI is InChI=1S/C26H40N2.C22H32N2.C16H36N2.2C12H28N2.5C4H10/c1-18-14-12-15-19(2)22(18)27-25(8,9)26(10,11)28(24(5,6)7)23-20(3)16-13-17-21(23)4;1-20(2,3)24(19-16-12-9-13-17-19)22(6,7)21(4,5)23-18-14-10-8-11-15-18;1-12(2)17-15(8,9)16(10,11)18(13(3)4)14(5,6)7;2*1-10(2,3)14(9)12(6,7)11(4,5)13-8;5*1-4(2)3/h12-17,27H,1-11H3;8-17,23H,1-7H3;12-13,17H,1-11H3;2*13H,1-9H3;5*4H,1-3H3/i;;;8D3,9D3;;;;;;. The molecule has 0 unspecified atom stereocenters. The smallest absolute Gasteiger partial charge is 0.0575 e. The first kappa shape index (κ1) is 112. The molecule has 0 bridgehead atoms. The number of benzene rings is 4. The summed E-state index contributed by atoms with van der Waals surface area (Å²) in [7, 11) is 4.22. The highest BCUT2D eigenvalue weighted by atomic mass is 15.3. The number of anilines is 4. The minimum Gasteiger partial charge on any atom is -0.378 e. The largest absolute Gasteiger partial charge is 0.378 e. The molecular weight excluding hydrogens is 1440 g/mol. The quantitative estimate of drug-likeness (QED) is 0.0557. The molecule has 0 aliphatic rings. The molecule has 0 fully saturated rings. The number of aryl methyl sites for hydroxylation is 4. The van der Waals surface area contributed by atoms with E-state index in [1.807, 2.05) is 27.8 Å². The lowest BCUT2D eigenvalue weighted by Gasteiger charge is -2.57. The van der Waals surface area contributed by atoms with Gasteiger partial charge in [0.25, 0.3) is 0 Å². The van der Waals surface area contributed by atoms with Gasteiger partial charge in [0.1, 0.15) is 0 Å². The summed E-state index contributed by atoms with van der Waals surface area (Å²) < 4.78 is 45.6. The molecule has 0 saturated heterocycles. The molecule has 10 heteroatoms. The van der Waals surface area contributed by atoms with Gasteiger partial charge in [-0.3, -0.25) is 14.7 Å². The van der Waals surface area contributed by atoms with E-state index in [1.165, 1.54) is 44.2 Å². The lowest BCUT2D eigenvalue weighted by atomic mass is 9.77. The monoisotopic (exact) mass is 1660 g/mol. The van der Waals surface area contributed by atoms with Crippen molar-refractivity contribution in [1.29, 1.82) is 0 Å². The van der Waals surface area contributed by atoms with Crippen LogP contribution in [0.4, 0.5) is 22.7 Å². The zero-order valence-corrected chi connectivity index (χ0v) is 90.5. The van der Waals surface area contributed by atoms with E-state index in [1.54, 1.807) is 27.7 Å². The van der Waals surface area contributed by atoms with E-state index in [2.05, 4.69) is 503 Å². The van der Waals surface area contributed by atoms with Gasteiger partial charge in [0.15, 0.2) is 0 Å². The molecule has 0 aromatic heterocycles. The summed E-state index contributed by atoms with van der Waals surface area (Å²) in [6.07, 6.45) is 0. The molecule has 0 radical (unpaired) electrons. The van der Waals surface area contributed by atoms with Crippen LogP contribution in [0.1, 0.15) is 404 Å². The summed E-state index contributed by atoms with van der Waals surface area (Å²) in [5.74, 6) is 4.17. The maximum Gasteiger partial charge on any atom is 0.0575 e. The molecule has 4 aromatic carbocycles. The van der Waals surface area contributed by atoms with Crippen LogP contribution in [-0.4, -0.2) is 138 Å². The summed E-state index contributed by atoms with van der Waals surface area (Å²) in [6.45, 7) is 122. The molecule has 4 aromatic rings. The highest BCUT2D eigenvalue weighted by molar-refractivity contribution is 5.65. The Hall–Kier alpha value is -4.16. The van der Waals surface area contributed by atoms with Crippen LogP contribution in [0.15, 0.2) is 97.1 Å². The average Bonchev–Trinajstić information content (AvgIpc) is 0.740. The van der Waals surface area contributed by atoms with Crippen molar-refractivity contribution in [3.63, 3.8) is 0 Å². The topological polar surface area (TPSA) is 76.3 Å². The predicted octanol–water partition coefficient (Wildman–Crippen LogP) is 30.5. The van der Waals surface area contributed by atoms with E-state index in [9.17, 15) is 0 Å². The molecule has 118 heavy (non-hydrogen) atoms. The highest BCUT2D eigenvalue weighted by Gasteiger charge is 2.50. The van der Waals surface area contributed by atoms with Gasteiger partial charge in [-0.05, 0) is 388 Å². The van der Waals surface area contributed by atoms with E-state index in [0.717, 1.165) is 35.3 Å². The Balaban J connectivity index is -0.000000336. The maximum atomic E-state index is 7.80. The molecule has 0 amide bonds. The van der Waals surface area contributed by atoms with Crippen LogP contribution in [0.2, 0.25) is 0 Å². The van der Waals surface area contributed by atoms with Crippen molar-refractivity contribution in [2.45, 2.75) is 497 Å². The molecule has 0 atom stereocenters. The van der Waals surface area contributed by atoms with Gasteiger partial charge in [0, 0.05) is 104 Å². The third-order valence-corrected chi connectivity index (χ3v) is 22.4. The molecule has 696 valence electrons. The first-order valence-electron chi connectivity index (χ1n) is 48.4. The second-order valence-electron chi connectivity index (χ2n) is 47.6. The van der Waals surface area contributed by atoms with Crippen LogP contribution >= 0.6 is 0 Å². The van der Waals surface area contributed by atoms with Crippen molar-refractivity contribution in [3.05, 3.63) is 119 Å². The molecule has 0 saturated carbocycles. The van der Waals surface area contributed by atoms with Gasteiger partial charge in [-0.25, -0.2) is 0 Å². The highest BCUT2D eigenvalue weighted by Crippen LogP contribution is 2.45.